The molecule has 0 amide bonds. The third-order valence-corrected chi connectivity index (χ3v) is 3.78. The predicted octanol–water partition coefficient (Wildman–Crippen LogP) is -2.11. The minimum Gasteiger partial charge on any atom is -0.378 e. The molecule has 4 N–H and O–H groups in total. The van der Waals surface area contributed by atoms with Gasteiger partial charge in [-0.05, 0) is 0 Å². The highest BCUT2D eigenvalue weighted by Crippen LogP contribution is 2.02. The third kappa shape index (κ3) is 3.40. The molecule has 4 bridgehead atoms. The summed E-state index contributed by atoms with van der Waals surface area (Å²) in [5.41, 5.74) is 0. The van der Waals surface area contributed by atoms with E-state index >= 15 is 0 Å². The first-order chi connectivity index (χ1) is 8.90. The van der Waals surface area contributed by atoms with Crippen molar-refractivity contribution in [2.24, 2.45) is 0 Å². The second-order valence-corrected chi connectivity index (χ2v) is 5.51. The number of fused-ring (bicyclic) bond motifs is 4. The van der Waals surface area contributed by atoms with Crippen LogP contribution in [0.1, 0.15) is 0 Å². The first-order valence-electron chi connectivity index (χ1n) is 6.99. The summed E-state index contributed by atoms with van der Waals surface area (Å²) in [6.07, 6.45) is 0. The van der Waals surface area contributed by atoms with Crippen molar-refractivity contribution in [3.05, 3.63) is 0 Å². The molecule has 104 valence electrons. The van der Waals surface area contributed by atoms with Crippen LogP contribution in [-0.4, -0.2) is 76.8 Å². The number of morpholine rings is 2. The van der Waals surface area contributed by atoms with Crippen molar-refractivity contribution >= 4 is 0 Å². The van der Waals surface area contributed by atoms with Crippen LogP contribution in [0, 0.1) is 0 Å². The van der Waals surface area contributed by atoms with E-state index in [-0.39, 0.29) is 0 Å². The number of hydrogen-bond acceptors (Lipinski definition) is 6. The van der Waals surface area contributed by atoms with Gasteiger partial charge in [0.25, 0.3) is 0 Å². The maximum atomic E-state index is 5.65. The molecule has 0 aromatic rings. The van der Waals surface area contributed by atoms with Gasteiger partial charge in [0.2, 0.25) is 0 Å². The van der Waals surface area contributed by atoms with Crippen LogP contribution < -0.4 is 21.3 Å². The first-order valence-corrected chi connectivity index (χ1v) is 6.99. The summed E-state index contributed by atoms with van der Waals surface area (Å²) in [5, 5.41) is 14.3. The van der Waals surface area contributed by atoms with Crippen molar-refractivity contribution < 1.29 is 9.47 Å². The molecular weight excluding hydrogens is 232 g/mol. The van der Waals surface area contributed by atoms with Gasteiger partial charge in [-0.15, -0.1) is 0 Å². The lowest BCUT2D eigenvalue weighted by Crippen LogP contribution is -2.61. The molecule has 3 aliphatic heterocycles. The van der Waals surface area contributed by atoms with Crippen LogP contribution in [-0.2, 0) is 9.47 Å². The standard InChI is InChI=1S/C12H24N4O2/c1-9-5-17-7-11(15-9)3-14-4-12-8-18-6-10(16-12)2-13-1/h9-16H,1-8H2. The average molecular weight is 256 g/mol. The van der Waals surface area contributed by atoms with Crippen LogP contribution in [0.3, 0.4) is 0 Å². The lowest BCUT2D eigenvalue weighted by Gasteiger charge is -2.36. The minimum absolute atomic E-state index is 0.422. The Balaban J connectivity index is 1.57. The van der Waals surface area contributed by atoms with Gasteiger partial charge in [-0.3, -0.25) is 0 Å². The highest BCUT2D eigenvalue weighted by molar-refractivity contribution is 4.87. The molecule has 0 aromatic carbocycles. The number of hydrogen-bond donors (Lipinski definition) is 4. The molecule has 6 nitrogen and oxygen atoms in total. The average Bonchev–Trinajstić information content (AvgIpc) is 2.39. The zero-order chi connectivity index (χ0) is 12.2. The highest BCUT2D eigenvalue weighted by atomic mass is 16.5. The quantitative estimate of drug-likeness (QED) is 0.398. The Labute approximate surface area is 108 Å². The van der Waals surface area contributed by atoms with Crippen LogP contribution in [0.5, 0.6) is 0 Å². The Kier molecular flexibility index (Phi) is 4.45. The van der Waals surface area contributed by atoms with Crippen molar-refractivity contribution in [2.75, 3.05) is 52.6 Å². The molecular formula is C12H24N4O2. The monoisotopic (exact) mass is 256 g/mol. The molecule has 4 atom stereocenters. The number of nitrogens with one attached hydrogen (secondary N) is 4. The smallest absolute Gasteiger partial charge is 0.0632 e. The summed E-state index contributed by atoms with van der Waals surface area (Å²) in [7, 11) is 0. The molecule has 0 radical (unpaired) electrons. The zero-order valence-corrected chi connectivity index (χ0v) is 10.8. The second kappa shape index (κ2) is 6.27. The fourth-order valence-electron chi connectivity index (χ4n) is 2.90. The topological polar surface area (TPSA) is 66.6 Å². The van der Waals surface area contributed by atoms with E-state index in [1.54, 1.807) is 0 Å². The molecule has 0 aliphatic carbocycles. The number of ether oxygens (including phenoxy) is 2. The van der Waals surface area contributed by atoms with Crippen LogP contribution in [0.15, 0.2) is 0 Å². The SMILES string of the molecule is C1NCC2COCC(CNCC3COCC1N3)N2. The van der Waals surface area contributed by atoms with Crippen molar-refractivity contribution in [1.29, 1.82) is 0 Å². The third-order valence-electron chi connectivity index (χ3n) is 3.78. The van der Waals surface area contributed by atoms with E-state index in [0.717, 1.165) is 52.6 Å². The van der Waals surface area contributed by atoms with Crippen LogP contribution in [0.25, 0.3) is 0 Å². The van der Waals surface area contributed by atoms with Crippen LogP contribution >= 0.6 is 0 Å². The maximum absolute atomic E-state index is 5.65. The van der Waals surface area contributed by atoms with E-state index in [1.807, 2.05) is 0 Å². The second-order valence-electron chi connectivity index (χ2n) is 5.51. The summed E-state index contributed by atoms with van der Waals surface area (Å²) < 4.78 is 11.3. The van der Waals surface area contributed by atoms with Gasteiger partial charge >= 0.3 is 0 Å². The first kappa shape index (κ1) is 12.8. The highest BCUT2D eigenvalue weighted by Gasteiger charge is 2.25. The van der Waals surface area contributed by atoms with Crippen molar-refractivity contribution in [3.8, 4) is 0 Å². The molecule has 3 rings (SSSR count). The van der Waals surface area contributed by atoms with Gasteiger partial charge in [-0.25, -0.2) is 0 Å². The lowest BCUT2D eigenvalue weighted by atomic mass is 10.1. The van der Waals surface area contributed by atoms with E-state index in [9.17, 15) is 0 Å². The van der Waals surface area contributed by atoms with Crippen molar-refractivity contribution in [3.63, 3.8) is 0 Å². The van der Waals surface area contributed by atoms with Gasteiger partial charge in [0.05, 0.1) is 26.4 Å². The van der Waals surface area contributed by atoms with Gasteiger partial charge in [-0.2, -0.15) is 0 Å². The molecule has 3 aliphatic rings. The molecule has 0 saturated carbocycles. The van der Waals surface area contributed by atoms with Gasteiger partial charge in [-0.1, -0.05) is 0 Å². The largest absolute Gasteiger partial charge is 0.378 e. The summed E-state index contributed by atoms with van der Waals surface area (Å²) in [6, 6.07) is 1.69. The fraction of sp³-hybridized carbons (Fsp3) is 1.00. The summed E-state index contributed by atoms with van der Waals surface area (Å²) >= 11 is 0. The molecule has 3 heterocycles. The molecule has 18 heavy (non-hydrogen) atoms. The molecule has 0 spiro atoms. The minimum atomic E-state index is 0.422. The maximum Gasteiger partial charge on any atom is 0.0632 e. The van der Waals surface area contributed by atoms with E-state index in [2.05, 4.69) is 21.3 Å². The molecule has 6 heteroatoms. The lowest BCUT2D eigenvalue weighted by molar-refractivity contribution is 0.0310. The van der Waals surface area contributed by atoms with Crippen LogP contribution in [0.2, 0.25) is 0 Å². The molecule has 0 aromatic heterocycles. The molecule has 3 fully saturated rings. The fourth-order valence-corrected chi connectivity index (χ4v) is 2.90. The van der Waals surface area contributed by atoms with E-state index < -0.39 is 0 Å². The summed E-state index contributed by atoms with van der Waals surface area (Å²) in [4.78, 5) is 0. The van der Waals surface area contributed by atoms with Gasteiger partial charge < -0.3 is 30.7 Å². The Morgan fingerprint density at radius 1 is 0.556 bits per heavy atom. The Bertz CT molecular complexity index is 220. The van der Waals surface area contributed by atoms with Gasteiger partial charge in [0.15, 0.2) is 0 Å². The predicted molar refractivity (Wildman–Crippen MR) is 68.8 cm³/mol. The van der Waals surface area contributed by atoms with Gasteiger partial charge in [0, 0.05) is 50.3 Å². The normalized spacial score (nSPS) is 42.7. The Morgan fingerprint density at radius 2 is 0.889 bits per heavy atom. The number of rotatable bonds is 0. The van der Waals surface area contributed by atoms with E-state index in [0.29, 0.717) is 24.2 Å². The Hall–Kier alpha value is -0.240. The molecule has 3 saturated heterocycles. The zero-order valence-electron chi connectivity index (χ0n) is 10.8. The molecule has 4 unspecified atom stereocenters. The summed E-state index contributed by atoms with van der Waals surface area (Å²) in [6.45, 7) is 7.06. The van der Waals surface area contributed by atoms with Crippen LogP contribution in [0.4, 0.5) is 0 Å². The summed E-state index contributed by atoms with van der Waals surface area (Å²) in [5.74, 6) is 0. The van der Waals surface area contributed by atoms with Gasteiger partial charge in [0.1, 0.15) is 0 Å². The van der Waals surface area contributed by atoms with E-state index in [4.69, 9.17) is 9.47 Å². The van der Waals surface area contributed by atoms with E-state index in [1.165, 1.54) is 0 Å². The van der Waals surface area contributed by atoms with Crippen molar-refractivity contribution in [2.45, 2.75) is 24.2 Å². The Morgan fingerprint density at radius 3 is 1.22 bits per heavy atom. The van der Waals surface area contributed by atoms with Crippen molar-refractivity contribution in [1.82, 2.24) is 21.3 Å².